The number of fused-ring (bicyclic) bond motifs is 1. The molecule has 0 unspecified atom stereocenters. The Bertz CT molecular complexity index is 830. The Morgan fingerprint density at radius 2 is 2.05 bits per heavy atom. The maximum Gasteiger partial charge on any atom is 0.189 e. The molecule has 3 heteroatoms. The van der Waals surface area contributed by atoms with Gasteiger partial charge in [-0.2, -0.15) is 0 Å². The molecule has 110 valence electrons. The van der Waals surface area contributed by atoms with Crippen molar-refractivity contribution in [1.29, 1.82) is 0 Å². The Labute approximate surface area is 133 Å². The summed E-state index contributed by atoms with van der Waals surface area (Å²) in [6.45, 7) is 2.45. The highest BCUT2D eigenvalue weighted by Crippen LogP contribution is 2.23. The average Bonchev–Trinajstić information content (AvgIpc) is 3.01. The zero-order chi connectivity index (χ0) is 15.4. The van der Waals surface area contributed by atoms with Gasteiger partial charge in [-0.3, -0.25) is 4.79 Å². The van der Waals surface area contributed by atoms with E-state index in [1.165, 1.54) is 10.1 Å². The van der Waals surface area contributed by atoms with Crippen LogP contribution in [0.15, 0.2) is 60.0 Å². The molecule has 0 spiro atoms. The first-order valence-electron chi connectivity index (χ1n) is 7.19. The predicted molar refractivity (Wildman–Crippen MR) is 92.8 cm³/mol. The molecule has 1 aromatic heterocycles. The summed E-state index contributed by atoms with van der Waals surface area (Å²) in [5.41, 5.74) is 1.62. The van der Waals surface area contributed by atoms with Crippen LogP contribution in [0.25, 0.3) is 16.2 Å². The minimum atomic E-state index is -0.0468. The van der Waals surface area contributed by atoms with Gasteiger partial charge in [-0.05, 0) is 59.7 Å². The summed E-state index contributed by atoms with van der Waals surface area (Å²) in [7, 11) is 0. The van der Waals surface area contributed by atoms with E-state index in [9.17, 15) is 4.79 Å². The van der Waals surface area contributed by atoms with E-state index in [0.717, 1.165) is 5.56 Å². The lowest BCUT2D eigenvalue weighted by atomic mass is 10.1. The lowest BCUT2D eigenvalue weighted by Crippen LogP contribution is -2.01. The van der Waals surface area contributed by atoms with Crippen molar-refractivity contribution in [2.24, 2.45) is 0 Å². The number of ether oxygens (including phenoxy) is 1. The van der Waals surface area contributed by atoms with E-state index in [1.807, 2.05) is 37.3 Å². The first kappa shape index (κ1) is 14.5. The summed E-state index contributed by atoms with van der Waals surface area (Å²) in [4.78, 5) is 12.4. The molecule has 0 saturated carbocycles. The number of carbonyl (C=O) groups excluding carboxylic acids is 1. The van der Waals surface area contributed by atoms with Crippen molar-refractivity contribution in [2.75, 3.05) is 6.61 Å². The van der Waals surface area contributed by atoms with Crippen LogP contribution in [0.5, 0.6) is 5.75 Å². The van der Waals surface area contributed by atoms with Gasteiger partial charge in [-0.15, -0.1) is 11.3 Å². The van der Waals surface area contributed by atoms with Gasteiger partial charge >= 0.3 is 0 Å². The largest absolute Gasteiger partial charge is 0.493 e. The number of ketones is 1. The molecule has 3 aromatic rings. The third kappa shape index (κ3) is 3.10. The van der Waals surface area contributed by atoms with Crippen molar-refractivity contribution in [3.63, 3.8) is 0 Å². The van der Waals surface area contributed by atoms with Gasteiger partial charge < -0.3 is 4.74 Å². The zero-order valence-electron chi connectivity index (χ0n) is 12.3. The van der Waals surface area contributed by atoms with Crippen LogP contribution in [0.4, 0.5) is 0 Å². The summed E-state index contributed by atoms with van der Waals surface area (Å²) in [5, 5.41) is 3.27. The third-order valence-corrected chi connectivity index (χ3v) is 4.25. The Morgan fingerprint density at radius 1 is 1.18 bits per heavy atom. The molecule has 0 amide bonds. The molecular weight excluding hydrogens is 292 g/mol. The molecule has 22 heavy (non-hydrogen) atoms. The fraction of sp³-hybridized carbons (Fsp3) is 0.105. The Hall–Kier alpha value is -2.39. The fourth-order valence-corrected chi connectivity index (χ4v) is 3.07. The van der Waals surface area contributed by atoms with Gasteiger partial charge in [0.15, 0.2) is 5.78 Å². The van der Waals surface area contributed by atoms with Crippen LogP contribution >= 0.6 is 11.3 Å². The molecule has 2 aromatic carbocycles. The summed E-state index contributed by atoms with van der Waals surface area (Å²) in [6.07, 6.45) is 3.45. The van der Waals surface area contributed by atoms with E-state index in [1.54, 1.807) is 23.5 Å². The van der Waals surface area contributed by atoms with Crippen LogP contribution < -0.4 is 4.74 Å². The van der Waals surface area contributed by atoms with E-state index < -0.39 is 0 Å². The molecular formula is C19H16O2S. The zero-order valence-corrected chi connectivity index (χ0v) is 13.1. The minimum Gasteiger partial charge on any atom is -0.493 e. The maximum absolute atomic E-state index is 12.4. The maximum atomic E-state index is 12.4. The van der Waals surface area contributed by atoms with E-state index >= 15 is 0 Å². The van der Waals surface area contributed by atoms with Crippen LogP contribution in [0.2, 0.25) is 0 Å². The standard InChI is InChI=1S/C19H16O2S/c1-2-21-18-6-4-3-5-16(18)17(20)9-7-14-8-10-19-15(13-14)11-12-22-19/h3-13H,2H2,1H3/b9-7+. The van der Waals surface area contributed by atoms with E-state index in [2.05, 4.69) is 23.6 Å². The van der Waals surface area contributed by atoms with Crippen LogP contribution in [0.1, 0.15) is 22.8 Å². The minimum absolute atomic E-state index is 0.0468. The second-order valence-electron chi connectivity index (χ2n) is 4.84. The highest BCUT2D eigenvalue weighted by Gasteiger charge is 2.08. The molecule has 0 aliphatic heterocycles. The molecule has 0 bridgehead atoms. The molecule has 2 nitrogen and oxygen atoms in total. The Morgan fingerprint density at radius 3 is 2.91 bits per heavy atom. The number of carbonyl (C=O) groups is 1. The van der Waals surface area contributed by atoms with Crippen LogP contribution in [-0.2, 0) is 0 Å². The molecule has 1 heterocycles. The normalized spacial score (nSPS) is 11.1. The highest BCUT2D eigenvalue weighted by atomic mass is 32.1. The molecule has 0 radical (unpaired) electrons. The number of rotatable bonds is 5. The predicted octanol–water partition coefficient (Wildman–Crippen LogP) is 5.20. The Kier molecular flexibility index (Phi) is 4.35. The van der Waals surface area contributed by atoms with E-state index in [0.29, 0.717) is 17.9 Å². The molecule has 0 atom stereocenters. The fourth-order valence-electron chi connectivity index (χ4n) is 2.30. The van der Waals surface area contributed by atoms with Gasteiger partial charge in [0, 0.05) is 4.70 Å². The SMILES string of the molecule is CCOc1ccccc1C(=O)/C=C/c1ccc2sccc2c1. The average molecular weight is 308 g/mol. The lowest BCUT2D eigenvalue weighted by Gasteiger charge is -2.06. The van der Waals surface area contributed by atoms with E-state index in [-0.39, 0.29) is 5.78 Å². The van der Waals surface area contributed by atoms with Gasteiger partial charge in [-0.1, -0.05) is 24.3 Å². The summed E-state index contributed by atoms with van der Waals surface area (Å²) < 4.78 is 6.76. The van der Waals surface area contributed by atoms with Crippen molar-refractivity contribution >= 4 is 33.3 Å². The Balaban J connectivity index is 1.84. The van der Waals surface area contributed by atoms with Gasteiger partial charge in [0.05, 0.1) is 12.2 Å². The number of benzene rings is 2. The molecule has 0 fully saturated rings. The highest BCUT2D eigenvalue weighted by molar-refractivity contribution is 7.17. The first-order valence-corrected chi connectivity index (χ1v) is 8.07. The van der Waals surface area contributed by atoms with Gasteiger partial charge in [0.2, 0.25) is 0 Å². The van der Waals surface area contributed by atoms with Gasteiger partial charge in [0.25, 0.3) is 0 Å². The second-order valence-corrected chi connectivity index (χ2v) is 5.79. The topological polar surface area (TPSA) is 26.3 Å². The number of hydrogen-bond acceptors (Lipinski definition) is 3. The summed E-state index contributed by atoms with van der Waals surface area (Å²) in [6, 6.07) is 15.6. The second kappa shape index (κ2) is 6.58. The molecule has 3 rings (SSSR count). The van der Waals surface area contributed by atoms with Gasteiger partial charge in [0.1, 0.15) is 5.75 Å². The number of para-hydroxylation sites is 1. The van der Waals surface area contributed by atoms with Gasteiger partial charge in [-0.25, -0.2) is 0 Å². The van der Waals surface area contributed by atoms with Crippen molar-refractivity contribution < 1.29 is 9.53 Å². The van der Waals surface area contributed by atoms with Crippen LogP contribution in [0, 0.1) is 0 Å². The third-order valence-electron chi connectivity index (χ3n) is 3.36. The smallest absolute Gasteiger partial charge is 0.189 e. The quantitative estimate of drug-likeness (QED) is 0.478. The number of allylic oxidation sites excluding steroid dienone is 1. The van der Waals surface area contributed by atoms with Crippen LogP contribution in [-0.4, -0.2) is 12.4 Å². The lowest BCUT2D eigenvalue weighted by molar-refractivity contribution is 0.104. The first-order chi connectivity index (χ1) is 10.8. The molecule has 0 saturated heterocycles. The van der Waals surface area contributed by atoms with Crippen molar-refractivity contribution in [3.8, 4) is 5.75 Å². The van der Waals surface area contributed by atoms with Crippen molar-refractivity contribution in [2.45, 2.75) is 6.92 Å². The van der Waals surface area contributed by atoms with Crippen molar-refractivity contribution in [3.05, 3.63) is 71.1 Å². The molecule has 0 aliphatic carbocycles. The van der Waals surface area contributed by atoms with E-state index in [4.69, 9.17) is 4.74 Å². The summed E-state index contributed by atoms with van der Waals surface area (Å²) in [5.74, 6) is 0.586. The van der Waals surface area contributed by atoms with Crippen LogP contribution in [0.3, 0.4) is 0 Å². The summed E-state index contributed by atoms with van der Waals surface area (Å²) >= 11 is 1.72. The number of thiophene rings is 1. The molecule has 0 N–H and O–H groups in total. The van der Waals surface area contributed by atoms with Crippen molar-refractivity contribution in [1.82, 2.24) is 0 Å². The molecule has 0 aliphatic rings. The monoisotopic (exact) mass is 308 g/mol. The number of hydrogen-bond donors (Lipinski definition) is 0.